The van der Waals surface area contributed by atoms with E-state index in [4.69, 9.17) is 5.84 Å². The molecule has 94 valence electrons. The van der Waals surface area contributed by atoms with Crippen molar-refractivity contribution in [3.8, 4) is 11.3 Å². The Morgan fingerprint density at radius 3 is 2.67 bits per heavy atom. The molecule has 0 aliphatic carbocycles. The van der Waals surface area contributed by atoms with Crippen LogP contribution < -0.4 is 16.7 Å². The van der Waals surface area contributed by atoms with Gasteiger partial charge in [0.2, 0.25) is 5.95 Å². The van der Waals surface area contributed by atoms with Crippen molar-refractivity contribution < 1.29 is 0 Å². The smallest absolute Gasteiger partial charge is 0.300 e. The number of hydrogen-bond acceptors (Lipinski definition) is 5. The lowest BCUT2D eigenvalue weighted by Gasteiger charge is -2.08. The van der Waals surface area contributed by atoms with Gasteiger partial charge >= 0.3 is 0 Å². The van der Waals surface area contributed by atoms with Crippen LogP contribution in [0.25, 0.3) is 11.3 Å². The fourth-order valence-corrected chi connectivity index (χ4v) is 1.53. The van der Waals surface area contributed by atoms with Crippen molar-refractivity contribution in [3.05, 3.63) is 40.7 Å². The predicted molar refractivity (Wildman–Crippen MR) is 70.7 cm³/mol. The number of aromatic nitrogens is 3. The largest absolute Gasteiger partial charge is 0.353 e. The lowest BCUT2D eigenvalue weighted by Crippen LogP contribution is -2.33. The van der Waals surface area contributed by atoms with Crippen molar-refractivity contribution in [2.45, 2.75) is 13.3 Å². The number of rotatable bonds is 4. The number of nitrogens with zero attached hydrogens (tertiary/aromatic N) is 3. The number of nitrogen functional groups attached to an aromatic ring is 1. The lowest BCUT2D eigenvalue weighted by molar-refractivity contribution is 0.815. The first-order chi connectivity index (χ1) is 8.74. The van der Waals surface area contributed by atoms with Crippen molar-refractivity contribution >= 4 is 5.95 Å². The average molecular weight is 245 g/mol. The molecule has 1 aromatic carbocycles. The monoisotopic (exact) mass is 245 g/mol. The molecule has 2 aromatic rings. The van der Waals surface area contributed by atoms with Crippen molar-refractivity contribution in [3.63, 3.8) is 0 Å². The summed E-state index contributed by atoms with van der Waals surface area (Å²) in [6.45, 7) is 2.70. The van der Waals surface area contributed by atoms with E-state index in [0.29, 0.717) is 12.1 Å². The van der Waals surface area contributed by atoms with Gasteiger partial charge in [0, 0.05) is 12.1 Å². The van der Waals surface area contributed by atoms with Crippen LogP contribution in [0.1, 0.15) is 13.3 Å². The predicted octanol–water partition coefficient (Wildman–Crippen LogP) is 0.841. The van der Waals surface area contributed by atoms with Crippen LogP contribution in [0.15, 0.2) is 35.1 Å². The van der Waals surface area contributed by atoms with Gasteiger partial charge in [-0.05, 0) is 6.42 Å². The van der Waals surface area contributed by atoms with Gasteiger partial charge in [0.05, 0.1) is 0 Å². The molecule has 18 heavy (non-hydrogen) atoms. The Morgan fingerprint density at radius 1 is 1.28 bits per heavy atom. The normalized spacial score (nSPS) is 10.3. The molecule has 1 aromatic heterocycles. The van der Waals surface area contributed by atoms with Crippen molar-refractivity contribution in [2.75, 3.05) is 17.7 Å². The van der Waals surface area contributed by atoms with Gasteiger partial charge in [0.25, 0.3) is 5.56 Å². The zero-order valence-corrected chi connectivity index (χ0v) is 10.1. The van der Waals surface area contributed by atoms with Crippen LogP contribution in [0.4, 0.5) is 5.95 Å². The van der Waals surface area contributed by atoms with E-state index in [1.807, 2.05) is 25.1 Å². The molecule has 0 aliphatic rings. The second-order valence-electron chi connectivity index (χ2n) is 3.84. The molecule has 0 atom stereocenters. The molecule has 6 nitrogen and oxygen atoms in total. The maximum absolute atomic E-state index is 12.0. The maximum Gasteiger partial charge on any atom is 0.300 e. The number of nitrogens with two attached hydrogens (primary N) is 1. The van der Waals surface area contributed by atoms with Crippen LogP contribution in [-0.4, -0.2) is 21.4 Å². The Labute approximate surface area is 104 Å². The summed E-state index contributed by atoms with van der Waals surface area (Å²) in [7, 11) is 0. The Kier molecular flexibility index (Phi) is 3.57. The summed E-state index contributed by atoms with van der Waals surface area (Å²) in [4.78, 5) is 12.0. The summed E-state index contributed by atoms with van der Waals surface area (Å²) in [5.74, 6) is 5.98. The van der Waals surface area contributed by atoms with Gasteiger partial charge in [-0.25, -0.2) is 0 Å². The number of nitrogens with one attached hydrogen (secondary N) is 1. The van der Waals surface area contributed by atoms with Crippen molar-refractivity contribution in [2.24, 2.45) is 0 Å². The van der Waals surface area contributed by atoms with E-state index in [1.54, 1.807) is 12.1 Å². The van der Waals surface area contributed by atoms with Gasteiger partial charge in [-0.15, -0.1) is 10.2 Å². The van der Waals surface area contributed by atoms with Crippen LogP contribution in [0.2, 0.25) is 0 Å². The van der Waals surface area contributed by atoms with E-state index in [9.17, 15) is 4.79 Å². The highest BCUT2D eigenvalue weighted by atomic mass is 16.1. The second kappa shape index (κ2) is 5.31. The molecular formula is C12H15N5O. The molecule has 0 fully saturated rings. The Bertz CT molecular complexity index is 579. The molecule has 2 rings (SSSR count). The first-order valence-corrected chi connectivity index (χ1v) is 5.78. The first kappa shape index (κ1) is 12.1. The topological polar surface area (TPSA) is 85.8 Å². The molecular weight excluding hydrogens is 230 g/mol. The fraction of sp³-hybridized carbons (Fsp3) is 0.250. The van der Waals surface area contributed by atoms with E-state index in [1.165, 1.54) is 0 Å². The molecule has 0 saturated heterocycles. The molecule has 0 saturated carbocycles. The molecule has 1 heterocycles. The lowest BCUT2D eigenvalue weighted by atomic mass is 10.2. The molecule has 0 amide bonds. The third-order valence-electron chi connectivity index (χ3n) is 2.47. The van der Waals surface area contributed by atoms with E-state index in [0.717, 1.165) is 11.1 Å². The van der Waals surface area contributed by atoms with Gasteiger partial charge in [0.15, 0.2) is 5.69 Å². The third kappa shape index (κ3) is 2.32. The Balaban J connectivity index is 2.41. The minimum absolute atomic E-state index is 0.250. The van der Waals surface area contributed by atoms with Crippen LogP contribution in [0.5, 0.6) is 0 Å². The fourth-order valence-electron chi connectivity index (χ4n) is 1.53. The molecule has 0 unspecified atom stereocenters. The number of anilines is 1. The molecule has 0 bridgehead atoms. The minimum Gasteiger partial charge on any atom is -0.353 e. The molecule has 6 heteroatoms. The molecule has 0 radical (unpaired) electrons. The van der Waals surface area contributed by atoms with Gasteiger partial charge in [-0.1, -0.05) is 37.3 Å². The second-order valence-corrected chi connectivity index (χ2v) is 3.84. The summed E-state index contributed by atoms with van der Waals surface area (Å²) < 4.78 is 0.991. The summed E-state index contributed by atoms with van der Waals surface area (Å²) >= 11 is 0. The van der Waals surface area contributed by atoms with Gasteiger partial charge in [-0.3, -0.25) is 4.79 Å². The molecule has 0 spiro atoms. The zero-order chi connectivity index (χ0) is 13.0. The van der Waals surface area contributed by atoms with Gasteiger partial charge < -0.3 is 11.2 Å². The number of benzene rings is 1. The summed E-state index contributed by atoms with van der Waals surface area (Å²) in [6, 6.07) is 9.13. The van der Waals surface area contributed by atoms with Crippen LogP contribution >= 0.6 is 0 Å². The van der Waals surface area contributed by atoms with E-state index >= 15 is 0 Å². The van der Waals surface area contributed by atoms with Gasteiger partial charge in [0.1, 0.15) is 0 Å². The highest BCUT2D eigenvalue weighted by Crippen LogP contribution is 2.11. The minimum atomic E-state index is -0.366. The zero-order valence-electron chi connectivity index (χ0n) is 10.1. The quantitative estimate of drug-likeness (QED) is 0.780. The van der Waals surface area contributed by atoms with Crippen LogP contribution in [0.3, 0.4) is 0 Å². The Morgan fingerprint density at radius 2 is 2.00 bits per heavy atom. The third-order valence-corrected chi connectivity index (χ3v) is 2.47. The molecule has 3 N–H and O–H groups in total. The van der Waals surface area contributed by atoms with E-state index in [2.05, 4.69) is 15.5 Å². The summed E-state index contributed by atoms with van der Waals surface area (Å²) in [5.41, 5.74) is 0.589. The highest BCUT2D eigenvalue weighted by molar-refractivity contribution is 5.57. The summed E-state index contributed by atoms with van der Waals surface area (Å²) in [6.07, 6.45) is 0.913. The van der Waals surface area contributed by atoms with Crippen molar-refractivity contribution in [1.29, 1.82) is 0 Å². The van der Waals surface area contributed by atoms with Crippen LogP contribution in [0, 0.1) is 0 Å². The van der Waals surface area contributed by atoms with Crippen LogP contribution in [-0.2, 0) is 0 Å². The summed E-state index contributed by atoms with van der Waals surface area (Å²) in [5, 5.41) is 10.8. The maximum atomic E-state index is 12.0. The highest BCUT2D eigenvalue weighted by Gasteiger charge is 2.10. The standard InChI is InChI=1S/C12H15N5O/c1-2-8-14-12-16-15-10(11(18)17(12)13)9-6-4-3-5-7-9/h3-7H,2,8,13H2,1H3,(H,14,16). The van der Waals surface area contributed by atoms with E-state index < -0.39 is 0 Å². The van der Waals surface area contributed by atoms with Crippen molar-refractivity contribution in [1.82, 2.24) is 14.9 Å². The molecule has 0 aliphatic heterocycles. The SMILES string of the molecule is CCCNc1nnc(-c2ccccc2)c(=O)n1N. The number of hydrogen-bond donors (Lipinski definition) is 2. The van der Waals surface area contributed by atoms with E-state index in [-0.39, 0.29) is 17.2 Å². The average Bonchev–Trinajstić information content (AvgIpc) is 2.41. The first-order valence-electron chi connectivity index (χ1n) is 5.78. The van der Waals surface area contributed by atoms with Gasteiger partial charge in [-0.2, -0.15) is 4.68 Å². The Hall–Kier alpha value is -2.37.